The fraction of sp³-hybridized carbons (Fsp3) is 0.900. The van der Waals surface area contributed by atoms with E-state index >= 15 is 0 Å². The highest BCUT2D eigenvalue weighted by molar-refractivity contribution is 7.90. The van der Waals surface area contributed by atoms with Gasteiger partial charge in [-0.1, -0.05) is 12.8 Å². The van der Waals surface area contributed by atoms with E-state index in [-0.39, 0.29) is 24.4 Å². The maximum atomic E-state index is 11.6. The van der Waals surface area contributed by atoms with Crippen LogP contribution < -0.4 is 15.8 Å². The van der Waals surface area contributed by atoms with E-state index in [1.165, 1.54) is 7.05 Å². The first kappa shape index (κ1) is 17.6. The van der Waals surface area contributed by atoms with E-state index in [4.69, 9.17) is 5.73 Å². The van der Waals surface area contributed by atoms with Crippen LogP contribution in [0.25, 0.3) is 0 Å². The van der Waals surface area contributed by atoms with Gasteiger partial charge in [-0.05, 0) is 32.4 Å². The lowest BCUT2D eigenvalue weighted by atomic mass is 9.84. The number of nitrogens with two attached hydrogens (primary N) is 1. The Kier molecular flexibility index (Phi) is 7.77. The summed E-state index contributed by atoms with van der Waals surface area (Å²) < 4.78 is 24.5. The number of carbonyl (C=O) groups is 1. The van der Waals surface area contributed by atoms with Gasteiger partial charge in [-0.15, -0.1) is 12.4 Å². The van der Waals surface area contributed by atoms with Crippen molar-refractivity contribution in [1.29, 1.82) is 0 Å². The molecule has 1 amide bonds. The molecule has 108 valence electrons. The lowest BCUT2D eigenvalue weighted by Crippen LogP contribution is -2.47. The Labute approximate surface area is 115 Å². The van der Waals surface area contributed by atoms with Crippen molar-refractivity contribution < 1.29 is 13.2 Å². The maximum absolute atomic E-state index is 11.6. The molecule has 1 fully saturated rings. The van der Waals surface area contributed by atoms with Crippen molar-refractivity contribution >= 4 is 28.3 Å². The minimum atomic E-state index is -3.49. The third-order valence-corrected chi connectivity index (χ3v) is 4.45. The normalized spacial score (nSPS) is 24.1. The third kappa shape index (κ3) is 5.51. The molecule has 1 rings (SSSR count). The van der Waals surface area contributed by atoms with Crippen molar-refractivity contribution in [3.63, 3.8) is 0 Å². The Balaban J connectivity index is 0.00000289. The second-order valence-corrected chi connectivity index (χ2v) is 6.34. The number of hydrogen-bond acceptors (Lipinski definition) is 4. The van der Waals surface area contributed by atoms with Gasteiger partial charge in [0.15, 0.2) is 0 Å². The fourth-order valence-corrected chi connectivity index (χ4v) is 2.75. The fourth-order valence-electron chi connectivity index (χ4n) is 2.17. The Hall–Kier alpha value is -0.370. The lowest BCUT2D eigenvalue weighted by Gasteiger charge is -2.31. The molecule has 0 radical (unpaired) electrons. The van der Waals surface area contributed by atoms with Gasteiger partial charge in [-0.3, -0.25) is 4.79 Å². The first-order valence-corrected chi connectivity index (χ1v) is 7.54. The highest BCUT2D eigenvalue weighted by Crippen LogP contribution is 2.23. The summed E-state index contributed by atoms with van der Waals surface area (Å²) in [7, 11) is -2.19. The van der Waals surface area contributed by atoms with Crippen molar-refractivity contribution in [2.75, 3.05) is 19.3 Å². The zero-order chi connectivity index (χ0) is 12.9. The van der Waals surface area contributed by atoms with E-state index in [9.17, 15) is 13.2 Å². The minimum Gasteiger partial charge on any atom is -0.352 e. The minimum absolute atomic E-state index is 0. The molecular weight excluding hydrogens is 278 g/mol. The van der Waals surface area contributed by atoms with E-state index in [1.54, 1.807) is 0 Å². The number of sulfonamides is 1. The maximum Gasteiger partial charge on any atom is 0.236 e. The van der Waals surface area contributed by atoms with Crippen LogP contribution in [-0.4, -0.2) is 39.7 Å². The molecule has 8 heteroatoms. The Morgan fingerprint density at radius 3 is 2.50 bits per heavy atom. The van der Waals surface area contributed by atoms with E-state index in [1.807, 2.05) is 0 Å². The van der Waals surface area contributed by atoms with Gasteiger partial charge in [-0.2, -0.15) is 0 Å². The first-order chi connectivity index (χ1) is 7.98. The highest BCUT2D eigenvalue weighted by atomic mass is 35.5. The van der Waals surface area contributed by atoms with E-state index in [2.05, 4.69) is 10.0 Å². The summed E-state index contributed by atoms with van der Waals surface area (Å²) in [6.45, 7) is 0.531. The van der Waals surface area contributed by atoms with Crippen LogP contribution in [-0.2, 0) is 14.8 Å². The van der Waals surface area contributed by atoms with Crippen LogP contribution in [0.2, 0.25) is 0 Å². The Bertz CT molecular complexity index is 361. The molecule has 1 saturated carbocycles. The van der Waals surface area contributed by atoms with Crippen molar-refractivity contribution in [3.05, 3.63) is 0 Å². The molecule has 0 aliphatic heterocycles. The molecule has 4 N–H and O–H groups in total. The highest BCUT2D eigenvalue weighted by Gasteiger charge is 2.26. The summed E-state index contributed by atoms with van der Waals surface area (Å²) >= 11 is 0. The summed E-state index contributed by atoms with van der Waals surface area (Å²) in [6.07, 6.45) is 4.07. The SMILES string of the molecule is CNS(=O)(=O)CC(=O)NC1CCCCC1CN.Cl. The number of carbonyl (C=O) groups excluding carboxylic acids is 1. The lowest BCUT2D eigenvalue weighted by molar-refractivity contribution is -0.119. The van der Waals surface area contributed by atoms with Crippen LogP contribution in [0.1, 0.15) is 25.7 Å². The van der Waals surface area contributed by atoms with Gasteiger partial charge in [0.05, 0.1) is 0 Å². The summed E-state index contributed by atoms with van der Waals surface area (Å²) in [4.78, 5) is 11.6. The molecule has 0 aromatic heterocycles. The van der Waals surface area contributed by atoms with E-state index < -0.39 is 21.7 Å². The predicted molar refractivity (Wildman–Crippen MR) is 73.0 cm³/mol. The van der Waals surface area contributed by atoms with Crippen LogP contribution in [0.3, 0.4) is 0 Å². The van der Waals surface area contributed by atoms with Gasteiger partial charge in [0.1, 0.15) is 5.75 Å². The number of nitrogens with one attached hydrogen (secondary N) is 2. The number of hydrogen-bond donors (Lipinski definition) is 3. The van der Waals surface area contributed by atoms with Gasteiger partial charge in [0.25, 0.3) is 0 Å². The van der Waals surface area contributed by atoms with Gasteiger partial charge in [-0.25, -0.2) is 13.1 Å². The molecule has 0 saturated heterocycles. The molecule has 2 unspecified atom stereocenters. The molecule has 1 aliphatic carbocycles. The van der Waals surface area contributed by atoms with Crippen molar-refractivity contribution in [3.8, 4) is 0 Å². The van der Waals surface area contributed by atoms with Crippen LogP contribution in [0, 0.1) is 5.92 Å². The van der Waals surface area contributed by atoms with Crippen LogP contribution in [0.4, 0.5) is 0 Å². The van der Waals surface area contributed by atoms with Crippen molar-refractivity contribution in [2.45, 2.75) is 31.7 Å². The van der Waals surface area contributed by atoms with Crippen LogP contribution in [0.15, 0.2) is 0 Å². The van der Waals surface area contributed by atoms with Crippen molar-refractivity contribution in [2.24, 2.45) is 11.7 Å². The van der Waals surface area contributed by atoms with Gasteiger partial charge < -0.3 is 11.1 Å². The van der Waals surface area contributed by atoms with Crippen LogP contribution >= 0.6 is 12.4 Å². The average molecular weight is 300 g/mol. The largest absolute Gasteiger partial charge is 0.352 e. The summed E-state index contributed by atoms with van der Waals surface area (Å²) in [5.41, 5.74) is 5.64. The summed E-state index contributed by atoms with van der Waals surface area (Å²) in [5, 5.41) is 2.77. The van der Waals surface area contributed by atoms with Crippen molar-refractivity contribution in [1.82, 2.24) is 10.0 Å². The Morgan fingerprint density at radius 1 is 1.33 bits per heavy atom. The van der Waals surface area contributed by atoms with Crippen LogP contribution in [0.5, 0.6) is 0 Å². The van der Waals surface area contributed by atoms with Gasteiger partial charge in [0.2, 0.25) is 15.9 Å². The molecule has 0 heterocycles. The molecule has 18 heavy (non-hydrogen) atoms. The Morgan fingerprint density at radius 2 is 1.94 bits per heavy atom. The molecule has 0 spiro atoms. The van der Waals surface area contributed by atoms with E-state index in [0.717, 1.165) is 25.7 Å². The smallest absolute Gasteiger partial charge is 0.236 e. The summed E-state index contributed by atoms with van der Waals surface area (Å²) in [5.74, 6) is -0.702. The number of halogens is 1. The second kappa shape index (κ2) is 7.93. The molecule has 0 aromatic carbocycles. The molecule has 0 bridgehead atoms. The molecule has 2 atom stereocenters. The quantitative estimate of drug-likeness (QED) is 0.642. The van der Waals surface area contributed by atoms with Gasteiger partial charge in [0, 0.05) is 6.04 Å². The standard InChI is InChI=1S/C10H21N3O3S.ClH/c1-12-17(15,16)7-10(14)13-9-5-3-2-4-8(9)6-11;/h8-9,12H,2-7,11H2,1H3,(H,13,14);1H. The molecule has 6 nitrogen and oxygen atoms in total. The average Bonchev–Trinajstić information content (AvgIpc) is 2.29. The summed E-state index contributed by atoms with van der Waals surface area (Å²) in [6, 6.07) is 0.0216. The molecule has 1 aliphatic rings. The van der Waals surface area contributed by atoms with E-state index in [0.29, 0.717) is 6.54 Å². The topological polar surface area (TPSA) is 101 Å². The predicted octanol–water partition coefficient (Wildman–Crippen LogP) is -0.409. The first-order valence-electron chi connectivity index (χ1n) is 5.89. The number of amides is 1. The second-order valence-electron chi connectivity index (χ2n) is 4.42. The zero-order valence-electron chi connectivity index (χ0n) is 10.5. The zero-order valence-corrected chi connectivity index (χ0v) is 12.1. The van der Waals surface area contributed by atoms with Gasteiger partial charge >= 0.3 is 0 Å². The monoisotopic (exact) mass is 299 g/mol. The molecule has 0 aromatic rings. The third-order valence-electron chi connectivity index (χ3n) is 3.19. The number of rotatable bonds is 5. The molecular formula is C10H22ClN3O3S.